The maximum Gasteiger partial charge on any atom is 0.335 e. The molecule has 1 amide bonds. The lowest BCUT2D eigenvalue weighted by Gasteiger charge is -2.03. The van der Waals surface area contributed by atoms with Gasteiger partial charge < -0.3 is 10.4 Å². The van der Waals surface area contributed by atoms with E-state index in [1.165, 1.54) is 30.3 Å². The minimum Gasteiger partial charge on any atom is -0.478 e. The van der Waals surface area contributed by atoms with Crippen LogP contribution in [-0.2, 0) is 11.3 Å². The molecule has 0 unspecified atom stereocenters. The second kappa shape index (κ2) is 7.68. The summed E-state index contributed by atoms with van der Waals surface area (Å²) in [5.74, 6) is -1.33. The molecule has 24 heavy (non-hydrogen) atoms. The summed E-state index contributed by atoms with van der Waals surface area (Å²) in [6, 6.07) is 12.0. The highest BCUT2D eigenvalue weighted by Gasteiger charge is 2.04. The maximum absolute atomic E-state index is 11.7. The average Bonchev–Trinajstić information content (AvgIpc) is 2.58. The molecule has 0 aliphatic rings. The predicted molar refractivity (Wildman–Crippen MR) is 87.4 cm³/mol. The quantitative estimate of drug-likeness (QED) is 0.482. The molecule has 0 saturated carbocycles. The number of carboxylic acid groups (broad SMARTS) is 1. The largest absolute Gasteiger partial charge is 0.478 e. The van der Waals surface area contributed by atoms with E-state index in [0.29, 0.717) is 5.56 Å². The van der Waals surface area contributed by atoms with Crippen molar-refractivity contribution in [3.8, 4) is 0 Å². The summed E-state index contributed by atoms with van der Waals surface area (Å²) in [5, 5.41) is 22.0. The summed E-state index contributed by atoms with van der Waals surface area (Å²) in [7, 11) is 0. The van der Waals surface area contributed by atoms with Crippen molar-refractivity contribution >= 4 is 23.6 Å². The zero-order chi connectivity index (χ0) is 17.5. The zero-order valence-electron chi connectivity index (χ0n) is 12.5. The molecule has 0 aliphatic heterocycles. The smallest absolute Gasteiger partial charge is 0.335 e. The summed E-state index contributed by atoms with van der Waals surface area (Å²) in [6.45, 7) is 0.267. The first-order valence-corrected chi connectivity index (χ1v) is 6.98. The fraction of sp³-hybridized carbons (Fsp3) is 0.0588. The van der Waals surface area contributed by atoms with E-state index in [4.69, 9.17) is 5.11 Å². The molecule has 2 rings (SSSR count). The van der Waals surface area contributed by atoms with E-state index in [-0.39, 0.29) is 23.7 Å². The van der Waals surface area contributed by atoms with Crippen LogP contribution in [0.25, 0.3) is 6.08 Å². The van der Waals surface area contributed by atoms with Crippen LogP contribution in [0.1, 0.15) is 21.5 Å². The summed E-state index contributed by atoms with van der Waals surface area (Å²) in [4.78, 5) is 32.5. The lowest BCUT2D eigenvalue weighted by atomic mass is 10.1. The van der Waals surface area contributed by atoms with Gasteiger partial charge in [0.05, 0.1) is 10.5 Å². The van der Waals surface area contributed by atoms with Gasteiger partial charge in [-0.2, -0.15) is 0 Å². The van der Waals surface area contributed by atoms with Gasteiger partial charge in [0, 0.05) is 24.8 Å². The topological polar surface area (TPSA) is 110 Å². The Morgan fingerprint density at radius 3 is 2.25 bits per heavy atom. The number of amides is 1. The van der Waals surface area contributed by atoms with Gasteiger partial charge in [-0.3, -0.25) is 14.9 Å². The number of aromatic carboxylic acids is 1. The Morgan fingerprint density at radius 1 is 1.08 bits per heavy atom. The van der Waals surface area contributed by atoms with Crippen LogP contribution in [0.15, 0.2) is 54.6 Å². The monoisotopic (exact) mass is 326 g/mol. The lowest BCUT2D eigenvalue weighted by molar-refractivity contribution is -0.384. The van der Waals surface area contributed by atoms with Crippen molar-refractivity contribution in [1.82, 2.24) is 5.32 Å². The first-order chi connectivity index (χ1) is 11.5. The normalized spacial score (nSPS) is 10.5. The highest BCUT2D eigenvalue weighted by molar-refractivity contribution is 5.91. The van der Waals surface area contributed by atoms with Crippen LogP contribution in [0.5, 0.6) is 0 Å². The molecule has 0 atom stereocenters. The van der Waals surface area contributed by atoms with Gasteiger partial charge in [0.1, 0.15) is 0 Å². The highest BCUT2D eigenvalue weighted by atomic mass is 16.6. The maximum atomic E-state index is 11.7. The first kappa shape index (κ1) is 16.9. The summed E-state index contributed by atoms with van der Waals surface area (Å²) >= 11 is 0. The van der Waals surface area contributed by atoms with Gasteiger partial charge in [0.2, 0.25) is 5.91 Å². The standard InChI is InChI=1S/C17H14N2O5/c20-16(10-5-12-3-8-15(9-4-12)19(23)24)18-11-13-1-6-14(7-2-13)17(21)22/h1-10H,11H2,(H,18,20)(H,21,22)/b10-5+. The number of nitrogens with zero attached hydrogens (tertiary/aromatic N) is 1. The molecule has 0 radical (unpaired) electrons. The van der Waals surface area contributed by atoms with Gasteiger partial charge in [0.15, 0.2) is 0 Å². The Bertz CT molecular complexity index is 780. The SMILES string of the molecule is O=C(/C=C/c1ccc([N+](=O)[O-])cc1)NCc1ccc(C(=O)O)cc1. The van der Waals surface area contributed by atoms with E-state index >= 15 is 0 Å². The molecule has 0 spiro atoms. The molecule has 0 fully saturated rings. The van der Waals surface area contributed by atoms with Crippen LogP contribution < -0.4 is 5.32 Å². The minimum atomic E-state index is -1.00. The van der Waals surface area contributed by atoms with Gasteiger partial charge in [-0.25, -0.2) is 4.79 Å². The van der Waals surface area contributed by atoms with Gasteiger partial charge >= 0.3 is 5.97 Å². The molecule has 0 aliphatic carbocycles. The van der Waals surface area contributed by atoms with E-state index in [2.05, 4.69) is 5.32 Å². The minimum absolute atomic E-state index is 0.0126. The van der Waals surface area contributed by atoms with Crippen molar-refractivity contribution in [2.45, 2.75) is 6.54 Å². The van der Waals surface area contributed by atoms with E-state index < -0.39 is 10.9 Å². The van der Waals surface area contributed by atoms with Gasteiger partial charge in [-0.1, -0.05) is 12.1 Å². The second-order valence-corrected chi connectivity index (χ2v) is 4.90. The molecule has 0 bridgehead atoms. The van der Waals surface area contributed by atoms with E-state index in [9.17, 15) is 19.7 Å². The summed E-state index contributed by atoms with van der Waals surface area (Å²) in [6.07, 6.45) is 2.87. The van der Waals surface area contributed by atoms with Crippen molar-refractivity contribution in [3.05, 3.63) is 81.4 Å². The van der Waals surface area contributed by atoms with Crippen molar-refractivity contribution < 1.29 is 19.6 Å². The third kappa shape index (κ3) is 4.77. The summed E-state index contributed by atoms with van der Waals surface area (Å²) < 4.78 is 0. The third-order valence-corrected chi connectivity index (χ3v) is 3.20. The molecular formula is C17H14N2O5. The molecule has 0 saturated heterocycles. The molecule has 0 heterocycles. The Labute approximate surface area is 137 Å². The Morgan fingerprint density at radius 2 is 1.71 bits per heavy atom. The Kier molecular flexibility index (Phi) is 5.40. The molecule has 7 heteroatoms. The number of carbonyl (C=O) groups is 2. The van der Waals surface area contributed by atoms with Crippen LogP contribution in [0.4, 0.5) is 5.69 Å². The van der Waals surface area contributed by atoms with E-state index in [1.54, 1.807) is 30.3 Å². The average molecular weight is 326 g/mol. The van der Waals surface area contributed by atoms with E-state index in [0.717, 1.165) is 5.56 Å². The number of hydrogen-bond acceptors (Lipinski definition) is 4. The van der Waals surface area contributed by atoms with Crippen LogP contribution in [0, 0.1) is 10.1 Å². The zero-order valence-corrected chi connectivity index (χ0v) is 12.5. The second-order valence-electron chi connectivity index (χ2n) is 4.90. The Hall–Kier alpha value is -3.48. The van der Waals surface area contributed by atoms with Gasteiger partial charge in [-0.15, -0.1) is 0 Å². The van der Waals surface area contributed by atoms with Crippen LogP contribution in [-0.4, -0.2) is 21.9 Å². The predicted octanol–water partition coefficient (Wildman–Crippen LogP) is 2.62. The fourth-order valence-electron chi connectivity index (χ4n) is 1.89. The number of nitro groups is 1. The van der Waals surface area contributed by atoms with Crippen LogP contribution in [0.2, 0.25) is 0 Å². The number of nitrogens with one attached hydrogen (secondary N) is 1. The molecule has 2 aromatic rings. The first-order valence-electron chi connectivity index (χ1n) is 6.98. The molecule has 0 aromatic heterocycles. The van der Waals surface area contributed by atoms with Gasteiger partial charge in [-0.05, 0) is 41.5 Å². The Balaban J connectivity index is 1.88. The number of nitro benzene ring substituents is 1. The molecule has 2 N–H and O–H groups in total. The van der Waals surface area contributed by atoms with Crippen molar-refractivity contribution in [2.24, 2.45) is 0 Å². The fourth-order valence-corrected chi connectivity index (χ4v) is 1.89. The molecule has 122 valence electrons. The number of rotatable bonds is 6. The number of carboxylic acids is 1. The van der Waals surface area contributed by atoms with Crippen LogP contribution in [0.3, 0.4) is 0 Å². The number of hydrogen-bond donors (Lipinski definition) is 2. The molecular weight excluding hydrogens is 312 g/mol. The van der Waals surface area contributed by atoms with Crippen LogP contribution >= 0.6 is 0 Å². The van der Waals surface area contributed by atoms with E-state index in [1.807, 2.05) is 0 Å². The summed E-state index contributed by atoms with van der Waals surface area (Å²) in [5.41, 5.74) is 1.61. The highest BCUT2D eigenvalue weighted by Crippen LogP contribution is 2.12. The number of carbonyl (C=O) groups excluding carboxylic acids is 1. The third-order valence-electron chi connectivity index (χ3n) is 3.20. The van der Waals surface area contributed by atoms with Crippen molar-refractivity contribution in [3.63, 3.8) is 0 Å². The molecule has 7 nitrogen and oxygen atoms in total. The van der Waals surface area contributed by atoms with Crippen molar-refractivity contribution in [1.29, 1.82) is 0 Å². The molecule has 2 aromatic carbocycles. The van der Waals surface area contributed by atoms with Crippen molar-refractivity contribution in [2.75, 3.05) is 0 Å². The number of benzene rings is 2. The number of non-ortho nitro benzene ring substituents is 1. The van der Waals surface area contributed by atoms with Gasteiger partial charge in [0.25, 0.3) is 5.69 Å². The lowest BCUT2D eigenvalue weighted by Crippen LogP contribution is -2.20.